The number of likely N-dealkylation sites (tertiary alicyclic amines) is 1. The van der Waals surface area contributed by atoms with Crippen molar-refractivity contribution in [2.24, 2.45) is 0 Å². The van der Waals surface area contributed by atoms with Crippen molar-refractivity contribution >= 4 is 0 Å². The maximum absolute atomic E-state index is 10.2. The Labute approximate surface area is 153 Å². The minimum atomic E-state index is -0.437. The van der Waals surface area contributed by atoms with Crippen LogP contribution in [-0.2, 0) is 4.74 Å². The molecule has 1 aliphatic heterocycles. The average molecular weight is 350 g/mol. The van der Waals surface area contributed by atoms with Gasteiger partial charge in [-0.1, -0.05) is 32.4 Å². The van der Waals surface area contributed by atoms with Gasteiger partial charge >= 0.3 is 0 Å². The molecule has 4 heteroatoms. The first kappa shape index (κ1) is 20.2. The van der Waals surface area contributed by atoms with E-state index in [1.165, 1.54) is 24.8 Å². The second-order valence-corrected chi connectivity index (χ2v) is 7.63. The van der Waals surface area contributed by atoms with Crippen molar-refractivity contribution in [3.05, 3.63) is 29.8 Å². The summed E-state index contributed by atoms with van der Waals surface area (Å²) in [6.07, 6.45) is 3.30. The maximum Gasteiger partial charge on any atom is 0.119 e. The summed E-state index contributed by atoms with van der Waals surface area (Å²) in [6.45, 7) is 10.9. The van der Waals surface area contributed by atoms with E-state index in [1.807, 2.05) is 12.1 Å². The van der Waals surface area contributed by atoms with Gasteiger partial charge in [0.15, 0.2) is 0 Å². The molecule has 0 unspecified atom stereocenters. The highest BCUT2D eigenvalue weighted by Gasteiger charge is 2.26. The molecule has 0 spiro atoms. The Morgan fingerprint density at radius 2 is 1.72 bits per heavy atom. The van der Waals surface area contributed by atoms with Crippen molar-refractivity contribution in [1.29, 1.82) is 0 Å². The molecule has 25 heavy (non-hydrogen) atoms. The number of hydrogen-bond acceptors (Lipinski definition) is 4. The largest absolute Gasteiger partial charge is 0.491 e. The van der Waals surface area contributed by atoms with Gasteiger partial charge in [-0.3, -0.25) is 4.90 Å². The molecule has 1 fully saturated rings. The monoisotopic (exact) mass is 349 g/mol. The van der Waals surface area contributed by atoms with Crippen LogP contribution in [-0.4, -0.2) is 54.6 Å². The van der Waals surface area contributed by atoms with Crippen LogP contribution in [0.3, 0.4) is 0 Å². The second kappa shape index (κ2) is 10.1. The first-order chi connectivity index (χ1) is 12.0. The van der Waals surface area contributed by atoms with Crippen molar-refractivity contribution in [2.75, 3.05) is 26.4 Å². The lowest BCUT2D eigenvalue weighted by Gasteiger charge is -2.40. The highest BCUT2D eigenvalue weighted by Crippen LogP contribution is 2.22. The third-order valence-corrected chi connectivity index (χ3v) is 5.15. The predicted octanol–water partition coefficient (Wildman–Crippen LogP) is 3.83. The first-order valence-corrected chi connectivity index (χ1v) is 9.71. The number of benzene rings is 1. The third kappa shape index (κ3) is 6.61. The Bertz CT molecular complexity index is 478. The minimum absolute atomic E-state index is 0.367. The van der Waals surface area contributed by atoms with Gasteiger partial charge in [0, 0.05) is 18.6 Å². The van der Waals surface area contributed by atoms with E-state index in [0.29, 0.717) is 44.4 Å². The average Bonchev–Trinajstić information content (AvgIpc) is 2.58. The molecule has 1 aromatic carbocycles. The van der Waals surface area contributed by atoms with E-state index in [9.17, 15) is 5.11 Å². The van der Waals surface area contributed by atoms with Gasteiger partial charge in [-0.05, 0) is 50.3 Å². The zero-order valence-electron chi connectivity index (χ0n) is 16.3. The molecule has 1 heterocycles. The van der Waals surface area contributed by atoms with E-state index in [-0.39, 0.29) is 0 Å². The van der Waals surface area contributed by atoms with Crippen molar-refractivity contribution in [2.45, 2.75) is 71.1 Å². The normalized spacial score (nSPS) is 23.0. The summed E-state index contributed by atoms with van der Waals surface area (Å²) in [4.78, 5) is 2.41. The zero-order chi connectivity index (χ0) is 18.2. The second-order valence-electron chi connectivity index (χ2n) is 7.63. The Hall–Kier alpha value is -1.10. The predicted molar refractivity (Wildman–Crippen MR) is 102 cm³/mol. The number of piperidine rings is 1. The summed E-state index contributed by atoms with van der Waals surface area (Å²) >= 11 is 0. The van der Waals surface area contributed by atoms with Crippen LogP contribution in [0.2, 0.25) is 0 Å². The first-order valence-electron chi connectivity index (χ1n) is 9.71. The molecule has 1 saturated heterocycles. The molecule has 0 bridgehead atoms. The summed E-state index contributed by atoms with van der Waals surface area (Å²) in [5, 5.41) is 10.2. The minimum Gasteiger partial charge on any atom is -0.491 e. The molecule has 0 aliphatic carbocycles. The lowest BCUT2D eigenvalue weighted by atomic mass is 9.97. The quantitative estimate of drug-likeness (QED) is 0.688. The van der Waals surface area contributed by atoms with Gasteiger partial charge in [-0.25, -0.2) is 0 Å². The molecule has 0 aromatic heterocycles. The molecule has 2 rings (SSSR count). The van der Waals surface area contributed by atoms with Crippen LogP contribution in [0.25, 0.3) is 0 Å². The summed E-state index contributed by atoms with van der Waals surface area (Å²) in [6, 6.07) is 9.31. The van der Waals surface area contributed by atoms with E-state index in [4.69, 9.17) is 9.47 Å². The SMILES string of the molecule is CC(C)c1ccc(OCCOC[C@H](O)CN2[C@@H](C)CCC[C@@H]2C)cc1. The van der Waals surface area contributed by atoms with Gasteiger partial charge in [0.25, 0.3) is 0 Å². The molecule has 0 amide bonds. The summed E-state index contributed by atoms with van der Waals surface area (Å²) in [7, 11) is 0. The smallest absolute Gasteiger partial charge is 0.119 e. The number of β-amino-alcohol motifs (C(OH)–C–C–N with tert-alkyl or cyclic N) is 1. The van der Waals surface area contributed by atoms with Crippen molar-refractivity contribution in [1.82, 2.24) is 4.90 Å². The lowest BCUT2D eigenvalue weighted by Crippen LogP contribution is -2.48. The molecule has 0 saturated carbocycles. The summed E-state index contributed by atoms with van der Waals surface area (Å²) < 4.78 is 11.3. The van der Waals surface area contributed by atoms with Gasteiger partial charge < -0.3 is 14.6 Å². The van der Waals surface area contributed by atoms with Crippen LogP contribution < -0.4 is 4.74 Å². The molecule has 142 valence electrons. The van der Waals surface area contributed by atoms with E-state index >= 15 is 0 Å². The Morgan fingerprint density at radius 1 is 1.08 bits per heavy atom. The third-order valence-electron chi connectivity index (χ3n) is 5.15. The molecular formula is C21H35NO3. The van der Waals surface area contributed by atoms with E-state index in [1.54, 1.807) is 0 Å². The molecular weight excluding hydrogens is 314 g/mol. The van der Waals surface area contributed by atoms with Crippen LogP contribution in [0.1, 0.15) is 58.4 Å². The molecule has 0 radical (unpaired) electrons. The van der Waals surface area contributed by atoms with E-state index < -0.39 is 6.10 Å². The molecule has 1 aromatic rings. The van der Waals surface area contributed by atoms with Gasteiger partial charge in [-0.15, -0.1) is 0 Å². The van der Waals surface area contributed by atoms with E-state index in [0.717, 1.165) is 5.75 Å². The van der Waals surface area contributed by atoms with Crippen molar-refractivity contribution in [3.8, 4) is 5.75 Å². The molecule has 4 nitrogen and oxygen atoms in total. The van der Waals surface area contributed by atoms with Crippen LogP contribution in [0, 0.1) is 0 Å². The topological polar surface area (TPSA) is 41.9 Å². The van der Waals surface area contributed by atoms with Gasteiger partial charge in [-0.2, -0.15) is 0 Å². The maximum atomic E-state index is 10.2. The highest BCUT2D eigenvalue weighted by atomic mass is 16.5. The lowest BCUT2D eigenvalue weighted by molar-refractivity contribution is -0.0141. The fourth-order valence-corrected chi connectivity index (χ4v) is 3.52. The van der Waals surface area contributed by atoms with Gasteiger partial charge in [0.2, 0.25) is 0 Å². The molecule has 3 atom stereocenters. The zero-order valence-corrected chi connectivity index (χ0v) is 16.3. The number of aliphatic hydroxyl groups is 1. The van der Waals surface area contributed by atoms with Gasteiger partial charge in [0.05, 0.1) is 19.3 Å². The number of nitrogens with zero attached hydrogens (tertiary/aromatic N) is 1. The number of ether oxygens (including phenoxy) is 2. The van der Waals surface area contributed by atoms with Crippen molar-refractivity contribution in [3.63, 3.8) is 0 Å². The Balaban J connectivity index is 1.60. The Kier molecular flexibility index (Phi) is 8.20. The van der Waals surface area contributed by atoms with Crippen LogP contribution in [0.15, 0.2) is 24.3 Å². The standard InChI is InChI=1S/C21H35NO3/c1-16(2)19-8-10-21(11-9-19)25-13-12-24-15-20(23)14-22-17(3)6-5-7-18(22)4/h8-11,16-18,20,23H,5-7,12-15H2,1-4H3/t17-,18-,20+/m0/s1. The van der Waals surface area contributed by atoms with Crippen LogP contribution in [0.5, 0.6) is 5.75 Å². The summed E-state index contributed by atoms with van der Waals surface area (Å²) in [5.41, 5.74) is 1.31. The highest BCUT2D eigenvalue weighted by molar-refractivity contribution is 5.28. The molecule has 1 aliphatic rings. The molecule has 1 N–H and O–H groups in total. The fourth-order valence-electron chi connectivity index (χ4n) is 3.52. The fraction of sp³-hybridized carbons (Fsp3) is 0.714. The number of hydrogen-bond donors (Lipinski definition) is 1. The number of rotatable bonds is 9. The number of aliphatic hydroxyl groups excluding tert-OH is 1. The van der Waals surface area contributed by atoms with E-state index in [2.05, 4.69) is 44.7 Å². The van der Waals surface area contributed by atoms with Crippen LogP contribution in [0.4, 0.5) is 0 Å². The van der Waals surface area contributed by atoms with Crippen molar-refractivity contribution < 1.29 is 14.6 Å². The summed E-state index contributed by atoms with van der Waals surface area (Å²) in [5.74, 6) is 1.40. The van der Waals surface area contributed by atoms with Crippen LogP contribution >= 0.6 is 0 Å². The van der Waals surface area contributed by atoms with Gasteiger partial charge in [0.1, 0.15) is 12.4 Å². The Morgan fingerprint density at radius 3 is 2.32 bits per heavy atom.